The Kier molecular flexibility index (Phi) is 2.87. The molecule has 2 aromatic heterocycles. The molecule has 18 heavy (non-hydrogen) atoms. The van der Waals surface area contributed by atoms with Crippen molar-refractivity contribution in [2.45, 2.75) is 20.0 Å². The van der Waals surface area contributed by atoms with Crippen LogP contribution in [0, 0.1) is 0 Å². The van der Waals surface area contributed by atoms with E-state index in [1.165, 1.54) is 0 Å². The molecule has 0 saturated heterocycles. The number of pyridine rings is 1. The molecule has 0 radical (unpaired) electrons. The molecule has 3 heterocycles. The van der Waals surface area contributed by atoms with Crippen LogP contribution in [-0.2, 0) is 13.1 Å². The fourth-order valence-corrected chi connectivity index (χ4v) is 2.57. The van der Waals surface area contributed by atoms with Gasteiger partial charge in [0.25, 0.3) is 0 Å². The molecule has 0 aliphatic carbocycles. The predicted molar refractivity (Wildman–Crippen MR) is 70.0 cm³/mol. The third-order valence-corrected chi connectivity index (χ3v) is 3.64. The normalized spacial score (nSPS) is 15.9. The zero-order valence-electron chi connectivity index (χ0n) is 10.5. The number of aromatic nitrogens is 3. The van der Waals surface area contributed by atoms with Gasteiger partial charge >= 0.3 is 0 Å². The van der Waals surface area contributed by atoms with Gasteiger partial charge in [0.1, 0.15) is 16.4 Å². The number of rotatable bonds is 2. The van der Waals surface area contributed by atoms with Gasteiger partial charge in [-0.3, -0.25) is 4.90 Å². The summed E-state index contributed by atoms with van der Waals surface area (Å²) in [6, 6.07) is 1.82. The SMILES string of the molecule is CCN1CCn2c(nc3cc(Cl)c(OC)nc32)C1. The Balaban J connectivity index is 2.13. The third-order valence-electron chi connectivity index (χ3n) is 3.37. The Labute approximate surface area is 110 Å². The van der Waals surface area contributed by atoms with Gasteiger partial charge in [0.15, 0.2) is 5.65 Å². The molecule has 2 aromatic rings. The lowest BCUT2D eigenvalue weighted by atomic mass is 10.3. The van der Waals surface area contributed by atoms with E-state index < -0.39 is 0 Å². The van der Waals surface area contributed by atoms with Gasteiger partial charge in [0.2, 0.25) is 5.88 Å². The van der Waals surface area contributed by atoms with Crippen LogP contribution in [0.5, 0.6) is 5.88 Å². The largest absolute Gasteiger partial charge is 0.480 e. The highest BCUT2D eigenvalue weighted by Gasteiger charge is 2.21. The number of fused-ring (bicyclic) bond motifs is 3. The Morgan fingerprint density at radius 1 is 1.39 bits per heavy atom. The lowest BCUT2D eigenvalue weighted by Crippen LogP contribution is -2.33. The third kappa shape index (κ3) is 1.74. The van der Waals surface area contributed by atoms with Crippen molar-refractivity contribution < 1.29 is 4.74 Å². The summed E-state index contributed by atoms with van der Waals surface area (Å²) in [7, 11) is 1.58. The number of ether oxygens (including phenoxy) is 1. The molecule has 0 saturated carbocycles. The molecule has 0 aromatic carbocycles. The second-order valence-electron chi connectivity index (χ2n) is 4.37. The number of hydrogen-bond acceptors (Lipinski definition) is 4. The Bertz CT molecular complexity index is 595. The maximum absolute atomic E-state index is 6.08. The zero-order valence-corrected chi connectivity index (χ0v) is 11.2. The fourth-order valence-electron chi connectivity index (χ4n) is 2.34. The van der Waals surface area contributed by atoms with Gasteiger partial charge in [-0.25, -0.2) is 4.98 Å². The molecule has 0 atom stereocenters. The van der Waals surface area contributed by atoms with Gasteiger partial charge in [-0.15, -0.1) is 0 Å². The number of imidazole rings is 1. The summed E-state index contributed by atoms with van der Waals surface area (Å²) in [6.45, 7) is 6.02. The van der Waals surface area contributed by atoms with Gasteiger partial charge in [0.05, 0.1) is 13.7 Å². The molecule has 0 fully saturated rings. The summed E-state index contributed by atoms with van der Waals surface area (Å²) >= 11 is 6.08. The second-order valence-corrected chi connectivity index (χ2v) is 4.78. The second kappa shape index (κ2) is 4.40. The zero-order chi connectivity index (χ0) is 12.7. The van der Waals surface area contributed by atoms with Crippen LogP contribution >= 0.6 is 11.6 Å². The number of hydrogen-bond donors (Lipinski definition) is 0. The first-order valence-corrected chi connectivity index (χ1v) is 6.42. The summed E-state index contributed by atoms with van der Waals surface area (Å²) in [5, 5.41) is 0.507. The maximum Gasteiger partial charge on any atom is 0.234 e. The van der Waals surface area contributed by atoms with Crippen molar-refractivity contribution in [2.24, 2.45) is 0 Å². The van der Waals surface area contributed by atoms with E-state index in [4.69, 9.17) is 16.3 Å². The van der Waals surface area contributed by atoms with Gasteiger partial charge in [-0.05, 0) is 12.6 Å². The molecule has 5 nitrogen and oxygen atoms in total. The molecule has 0 bridgehead atoms. The summed E-state index contributed by atoms with van der Waals surface area (Å²) in [6.07, 6.45) is 0. The van der Waals surface area contributed by atoms with Crippen molar-refractivity contribution in [1.29, 1.82) is 0 Å². The molecular weight excluding hydrogens is 252 g/mol. The van der Waals surface area contributed by atoms with Gasteiger partial charge in [-0.2, -0.15) is 4.98 Å². The predicted octanol–water partition coefficient (Wildman–Crippen LogP) is 1.93. The number of nitrogens with zero attached hydrogens (tertiary/aromatic N) is 4. The quantitative estimate of drug-likeness (QED) is 0.833. The van der Waals surface area contributed by atoms with Crippen molar-refractivity contribution >= 4 is 22.8 Å². The molecule has 3 rings (SSSR count). The van der Waals surface area contributed by atoms with E-state index in [2.05, 4.69) is 26.4 Å². The summed E-state index contributed by atoms with van der Waals surface area (Å²) in [5.74, 6) is 1.51. The average Bonchev–Trinajstić information content (AvgIpc) is 2.73. The highest BCUT2D eigenvalue weighted by Crippen LogP contribution is 2.28. The first kappa shape index (κ1) is 11.7. The highest BCUT2D eigenvalue weighted by molar-refractivity contribution is 6.32. The minimum Gasteiger partial charge on any atom is -0.480 e. The molecule has 0 N–H and O–H groups in total. The standard InChI is InChI=1S/C12H15ClN4O/c1-3-16-4-5-17-10(7-16)14-9-6-8(13)12(18-2)15-11(9)17/h6H,3-5,7H2,1-2H3. The average molecular weight is 267 g/mol. The summed E-state index contributed by atoms with van der Waals surface area (Å²) in [4.78, 5) is 11.4. The maximum atomic E-state index is 6.08. The lowest BCUT2D eigenvalue weighted by Gasteiger charge is -2.26. The molecule has 0 spiro atoms. The number of halogens is 1. The van der Waals surface area contributed by atoms with Crippen molar-refractivity contribution in [3.63, 3.8) is 0 Å². The molecule has 1 aliphatic heterocycles. The molecular formula is C12H15ClN4O. The minimum absolute atomic E-state index is 0.463. The summed E-state index contributed by atoms with van der Waals surface area (Å²) in [5.41, 5.74) is 1.70. The van der Waals surface area contributed by atoms with Crippen LogP contribution in [0.2, 0.25) is 5.02 Å². The van der Waals surface area contributed by atoms with E-state index in [0.717, 1.165) is 43.2 Å². The number of methoxy groups -OCH3 is 1. The monoisotopic (exact) mass is 266 g/mol. The van der Waals surface area contributed by atoms with E-state index >= 15 is 0 Å². The van der Waals surface area contributed by atoms with E-state index in [1.807, 2.05) is 6.07 Å². The topological polar surface area (TPSA) is 43.2 Å². The highest BCUT2D eigenvalue weighted by atomic mass is 35.5. The fraction of sp³-hybridized carbons (Fsp3) is 0.500. The van der Waals surface area contributed by atoms with Crippen LogP contribution < -0.4 is 4.74 Å². The molecule has 6 heteroatoms. The number of likely N-dealkylation sites (N-methyl/N-ethyl adjacent to an activating group) is 1. The molecule has 0 unspecified atom stereocenters. The van der Waals surface area contributed by atoms with E-state index in [0.29, 0.717) is 10.9 Å². The lowest BCUT2D eigenvalue weighted by molar-refractivity contribution is 0.230. The Morgan fingerprint density at radius 3 is 2.94 bits per heavy atom. The first-order chi connectivity index (χ1) is 8.72. The van der Waals surface area contributed by atoms with Gasteiger partial charge in [0, 0.05) is 13.1 Å². The van der Waals surface area contributed by atoms with Crippen LogP contribution in [0.3, 0.4) is 0 Å². The smallest absolute Gasteiger partial charge is 0.234 e. The van der Waals surface area contributed by atoms with E-state index in [1.54, 1.807) is 7.11 Å². The van der Waals surface area contributed by atoms with Crippen LogP contribution in [0.15, 0.2) is 6.07 Å². The van der Waals surface area contributed by atoms with Crippen LogP contribution in [0.25, 0.3) is 11.2 Å². The van der Waals surface area contributed by atoms with Crippen LogP contribution in [-0.4, -0.2) is 39.6 Å². The Morgan fingerprint density at radius 2 is 2.22 bits per heavy atom. The molecule has 1 aliphatic rings. The Hall–Kier alpha value is -1.33. The van der Waals surface area contributed by atoms with E-state index in [9.17, 15) is 0 Å². The van der Waals surface area contributed by atoms with Crippen molar-refractivity contribution in [1.82, 2.24) is 19.4 Å². The minimum atomic E-state index is 0.463. The van der Waals surface area contributed by atoms with Crippen LogP contribution in [0.1, 0.15) is 12.7 Å². The van der Waals surface area contributed by atoms with Gasteiger partial charge < -0.3 is 9.30 Å². The van der Waals surface area contributed by atoms with Crippen molar-refractivity contribution in [3.8, 4) is 5.88 Å². The van der Waals surface area contributed by atoms with Gasteiger partial charge in [-0.1, -0.05) is 18.5 Å². The van der Waals surface area contributed by atoms with E-state index in [-0.39, 0.29) is 0 Å². The summed E-state index contributed by atoms with van der Waals surface area (Å²) < 4.78 is 7.31. The first-order valence-electron chi connectivity index (χ1n) is 6.05. The van der Waals surface area contributed by atoms with Crippen molar-refractivity contribution in [2.75, 3.05) is 20.2 Å². The molecule has 0 amide bonds. The van der Waals surface area contributed by atoms with Crippen LogP contribution in [0.4, 0.5) is 0 Å². The molecule has 96 valence electrons. The van der Waals surface area contributed by atoms with Crippen molar-refractivity contribution in [3.05, 3.63) is 16.9 Å².